The monoisotopic (exact) mass is 537 g/mol. The quantitative estimate of drug-likeness (QED) is 0.204. The summed E-state index contributed by atoms with van der Waals surface area (Å²) in [6, 6.07) is 42.3. The Balaban J connectivity index is 1.28. The topological polar surface area (TPSA) is 95.0 Å². The van der Waals surface area contributed by atoms with Crippen LogP contribution in [0.4, 0.5) is 5.69 Å². The first-order chi connectivity index (χ1) is 20.1. The van der Waals surface area contributed by atoms with Gasteiger partial charge in [0.25, 0.3) is 0 Å². The Bertz CT molecular complexity index is 1750. The first-order valence-corrected chi connectivity index (χ1v) is 13.3. The summed E-state index contributed by atoms with van der Waals surface area (Å²) in [4.78, 5) is 13.9. The Morgan fingerprint density at radius 3 is 1.90 bits per heavy atom. The highest BCUT2D eigenvalue weighted by atomic mass is 16.4. The lowest BCUT2D eigenvalue weighted by Crippen LogP contribution is -2.22. The molecule has 200 valence electrons. The Morgan fingerprint density at radius 2 is 1.27 bits per heavy atom. The fourth-order valence-corrected chi connectivity index (χ4v) is 4.95. The van der Waals surface area contributed by atoms with E-state index in [0.717, 1.165) is 39.1 Å². The molecule has 7 heteroatoms. The van der Waals surface area contributed by atoms with Gasteiger partial charge in [0, 0.05) is 24.3 Å². The molecule has 0 unspecified atom stereocenters. The molecule has 0 aliphatic heterocycles. The number of tetrazole rings is 1. The normalized spacial score (nSPS) is 10.8. The number of hydrogen-bond acceptors (Lipinski definition) is 5. The van der Waals surface area contributed by atoms with Crippen molar-refractivity contribution in [3.05, 3.63) is 144 Å². The Labute approximate surface area is 237 Å². The minimum atomic E-state index is -0.941. The molecule has 0 saturated heterocycles. The van der Waals surface area contributed by atoms with Gasteiger partial charge < -0.3 is 10.0 Å². The number of carbonyl (C=O) groups is 1. The third kappa shape index (κ3) is 5.89. The summed E-state index contributed by atoms with van der Waals surface area (Å²) in [6.45, 7) is 1.23. The fourth-order valence-electron chi connectivity index (χ4n) is 4.95. The van der Waals surface area contributed by atoms with Gasteiger partial charge in [0.2, 0.25) is 0 Å². The number of anilines is 1. The molecule has 6 rings (SSSR count). The van der Waals surface area contributed by atoms with E-state index in [1.165, 1.54) is 5.56 Å². The molecule has 0 atom stereocenters. The number of aromatic carboxylic acids is 1. The van der Waals surface area contributed by atoms with Crippen LogP contribution >= 0.6 is 0 Å². The lowest BCUT2D eigenvalue weighted by atomic mass is 9.98. The first-order valence-electron chi connectivity index (χ1n) is 13.3. The van der Waals surface area contributed by atoms with E-state index in [1.807, 2.05) is 42.5 Å². The van der Waals surface area contributed by atoms with Gasteiger partial charge in [-0.3, -0.25) is 0 Å². The predicted molar refractivity (Wildman–Crippen MR) is 160 cm³/mol. The minimum Gasteiger partial charge on any atom is -0.478 e. The van der Waals surface area contributed by atoms with Crippen molar-refractivity contribution in [2.75, 3.05) is 4.90 Å². The smallest absolute Gasteiger partial charge is 0.335 e. The van der Waals surface area contributed by atoms with Gasteiger partial charge >= 0.3 is 5.97 Å². The van der Waals surface area contributed by atoms with E-state index in [-0.39, 0.29) is 5.56 Å². The molecule has 0 radical (unpaired) electrons. The molecule has 0 amide bonds. The van der Waals surface area contributed by atoms with Crippen LogP contribution in [0.1, 0.15) is 21.5 Å². The average Bonchev–Trinajstić information content (AvgIpc) is 3.57. The predicted octanol–water partition coefficient (Wildman–Crippen LogP) is 7.11. The minimum absolute atomic E-state index is 0.265. The number of hydrogen-bond donors (Lipinski definition) is 2. The van der Waals surface area contributed by atoms with Crippen molar-refractivity contribution in [2.45, 2.75) is 13.1 Å². The van der Waals surface area contributed by atoms with Crippen molar-refractivity contribution in [3.63, 3.8) is 0 Å². The van der Waals surface area contributed by atoms with Crippen molar-refractivity contribution in [1.29, 1.82) is 0 Å². The molecule has 1 heterocycles. The maximum absolute atomic E-state index is 11.7. The first kappa shape index (κ1) is 25.7. The molecule has 1 aromatic heterocycles. The van der Waals surface area contributed by atoms with Crippen LogP contribution in [0.5, 0.6) is 0 Å². The number of nitrogens with one attached hydrogen (secondary N) is 1. The summed E-state index contributed by atoms with van der Waals surface area (Å²) in [5.41, 5.74) is 8.70. The molecular formula is C34H27N5O2. The summed E-state index contributed by atoms with van der Waals surface area (Å²) in [5, 5.41) is 24.0. The van der Waals surface area contributed by atoms with E-state index >= 15 is 0 Å². The molecule has 0 spiro atoms. The Morgan fingerprint density at radius 1 is 0.659 bits per heavy atom. The van der Waals surface area contributed by atoms with Gasteiger partial charge in [-0.1, -0.05) is 109 Å². The van der Waals surface area contributed by atoms with Gasteiger partial charge in [-0.15, -0.1) is 5.10 Å². The Kier molecular flexibility index (Phi) is 7.32. The van der Waals surface area contributed by atoms with E-state index in [9.17, 15) is 9.90 Å². The van der Waals surface area contributed by atoms with Crippen LogP contribution in [0, 0.1) is 0 Å². The lowest BCUT2D eigenvalue weighted by Gasteiger charge is -2.26. The SMILES string of the molecule is O=C(O)c1cccc(N(Cc2ccc(-c3ccccc3)cc2)Cc2ccc(-c3ccccc3-c3nnn[nH]3)cc2)c1. The van der Waals surface area contributed by atoms with Crippen LogP contribution in [0.3, 0.4) is 0 Å². The zero-order valence-electron chi connectivity index (χ0n) is 22.2. The van der Waals surface area contributed by atoms with Crippen LogP contribution in [0.15, 0.2) is 127 Å². The van der Waals surface area contributed by atoms with Crippen molar-refractivity contribution in [1.82, 2.24) is 20.6 Å². The fraction of sp³-hybridized carbons (Fsp3) is 0.0588. The largest absolute Gasteiger partial charge is 0.478 e. The van der Waals surface area contributed by atoms with Gasteiger partial charge in [0.15, 0.2) is 5.82 Å². The van der Waals surface area contributed by atoms with Crippen LogP contribution in [-0.4, -0.2) is 31.7 Å². The highest BCUT2D eigenvalue weighted by molar-refractivity contribution is 5.88. The maximum Gasteiger partial charge on any atom is 0.335 e. The highest BCUT2D eigenvalue weighted by Crippen LogP contribution is 2.30. The van der Waals surface area contributed by atoms with E-state index in [4.69, 9.17) is 0 Å². The van der Waals surface area contributed by atoms with Crippen LogP contribution in [0.2, 0.25) is 0 Å². The van der Waals surface area contributed by atoms with Crippen LogP contribution in [-0.2, 0) is 13.1 Å². The molecule has 0 fully saturated rings. The number of nitrogens with zero attached hydrogens (tertiary/aromatic N) is 4. The van der Waals surface area contributed by atoms with Gasteiger partial charge in [-0.25, -0.2) is 9.89 Å². The summed E-state index contributed by atoms with van der Waals surface area (Å²) < 4.78 is 0. The number of rotatable bonds is 9. The number of carboxylic acids is 1. The summed E-state index contributed by atoms with van der Waals surface area (Å²) >= 11 is 0. The van der Waals surface area contributed by atoms with Crippen LogP contribution < -0.4 is 4.90 Å². The van der Waals surface area contributed by atoms with Crippen molar-refractivity contribution in [3.8, 4) is 33.6 Å². The van der Waals surface area contributed by atoms with E-state index in [2.05, 4.69) is 92.3 Å². The number of benzene rings is 5. The lowest BCUT2D eigenvalue weighted by molar-refractivity contribution is 0.0697. The number of carboxylic acid groups (broad SMARTS) is 1. The second-order valence-electron chi connectivity index (χ2n) is 9.77. The number of aromatic nitrogens is 4. The van der Waals surface area contributed by atoms with Gasteiger partial charge in [-0.05, 0) is 62.0 Å². The molecular weight excluding hydrogens is 510 g/mol. The summed E-state index contributed by atoms with van der Waals surface area (Å²) in [5.74, 6) is -0.323. The Hall–Kier alpha value is -5.56. The van der Waals surface area contributed by atoms with E-state index in [1.54, 1.807) is 18.2 Å². The summed E-state index contributed by atoms with van der Waals surface area (Å²) in [7, 11) is 0. The molecule has 41 heavy (non-hydrogen) atoms. The third-order valence-corrected chi connectivity index (χ3v) is 7.06. The van der Waals surface area contributed by atoms with Crippen molar-refractivity contribution >= 4 is 11.7 Å². The summed E-state index contributed by atoms with van der Waals surface area (Å²) in [6.07, 6.45) is 0. The number of aromatic amines is 1. The average molecular weight is 538 g/mol. The molecule has 0 aliphatic rings. The molecule has 7 nitrogen and oxygen atoms in total. The molecule has 0 bridgehead atoms. The van der Waals surface area contributed by atoms with E-state index < -0.39 is 5.97 Å². The van der Waals surface area contributed by atoms with Crippen molar-refractivity contribution in [2.24, 2.45) is 0 Å². The van der Waals surface area contributed by atoms with Gasteiger partial charge in [0.1, 0.15) is 0 Å². The molecule has 2 N–H and O–H groups in total. The highest BCUT2D eigenvalue weighted by Gasteiger charge is 2.14. The molecule has 5 aromatic carbocycles. The van der Waals surface area contributed by atoms with Gasteiger partial charge in [0.05, 0.1) is 5.56 Å². The standard InChI is InChI=1S/C34H27N5O2/c40-34(41)29-9-6-10-30(21-29)39(22-24-13-17-27(18-14-24)26-7-2-1-3-8-26)23-25-15-19-28(20-16-25)31-11-4-5-12-32(31)33-35-37-38-36-33/h1-21H,22-23H2,(H,40,41)(H,35,36,37,38). The zero-order chi connectivity index (χ0) is 28.0. The van der Waals surface area contributed by atoms with Gasteiger partial charge in [-0.2, -0.15) is 0 Å². The third-order valence-electron chi connectivity index (χ3n) is 7.06. The second-order valence-corrected chi connectivity index (χ2v) is 9.77. The molecule has 0 saturated carbocycles. The number of H-pyrrole nitrogens is 1. The zero-order valence-corrected chi connectivity index (χ0v) is 22.2. The van der Waals surface area contributed by atoms with Crippen molar-refractivity contribution < 1.29 is 9.90 Å². The second kappa shape index (κ2) is 11.7. The molecule has 0 aliphatic carbocycles. The molecule has 6 aromatic rings. The maximum atomic E-state index is 11.7. The van der Waals surface area contributed by atoms with Crippen LogP contribution in [0.25, 0.3) is 33.6 Å². The van der Waals surface area contributed by atoms with E-state index in [0.29, 0.717) is 18.9 Å².